The zero-order chi connectivity index (χ0) is 28.0. The first-order valence-corrected chi connectivity index (χ1v) is 13.6. The van der Waals surface area contributed by atoms with Crippen molar-refractivity contribution < 1.29 is 29.7 Å². The van der Waals surface area contributed by atoms with Crippen molar-refractivity contribution in [2.24, 2.45) is 0 Å². The van der Waals surface area contributed by atoms with Gasteiger partial charge in [-0.25, -0.2) is 4.98 Å². The van der Waals surface area contributed by atoms with E-state index in [0.29, 0.717) is 11.5 Å². The third kappa shape index (κ3) is 5.16. The summed E-state index contributed by atoms with van der Waals surface area (Å²) < 4.78 is 12.3. The van der Waals surface area contributed by atoms with Crippen molar-refractivity contribution in [3.8, 4) is 28.7 Å². The molecule has 0 saturated carbocycles. The molecule has 6 heteroatoms. The molecule has 0 aliphatic carbocycles. The molecule has 0 spiro atoms. The van der Waals surface area contributed by atoms with Gasteiger partial charge >= 0.3 is 0 Å². The number of hydrogen-bond donors (Lipinski definition) is 0. The minimum absolute atomic E-state index is 0. The zero-order valence-corrected chi connectivity index (χ0v) is 25.0. The summed E-state index contributed by atoms with van der Waals surface area (Å²) in [6, 6.07) is 39.6. The molecule has 0 radical (unpaired) electrons. The van der Waals surface area contributed by atoms with Crippen molar-refractivity contribution in [3.63, 3.8) is 0 Å². The Bertz CT molecular complexity index is 2020. The van der Waals surface area contributed by atoms with Gasteiger partial charge in [0.2, 0.25) is 0 Å². The van der Waals surface area contributed by atoms with Crippen LogP contribution >= 0.6 is 0 Å². The maximum Gasteiger partial charge on any atom is 0.267 e. The molecule has 4 aromatic carbocycles. The Hall–Kier alpha value is -4.50. The van der Waals surface area contributed by atoms with E-state index in [9.17, 15) is 0 Å². The number of benzene rings is 4. The molecule has 0 bridgehead atoms. The summed E-state index contributed by atoms with van der Waals surface area (Å²) in [5, 5.41) is 2.25. The van der Waals surface area contributed by atoms with E-state index in [1.54, 1.807) is 0 Å². The van der Waals surface area contributed by atoms with E-state index in [4.69, 9.17) is 9.72 Å². The number of para-hydroxylation sites is 2. The second kappa shape index (κ2) is 11.1. The smallest absolute Gasteiger partial charge is 0.267 e. The van der Waals surface area contributed by atoms with Crippen molar-refractivity contribution in [1.82, 2.24) is 14.1 Å². The number of pyridine rings is 1. The molecule has 42 heavy (non-hydrogen) atoms. The average Bonchev–Trinajstić information content (AvgIpc) is 3.61. The van der Waals surface area contributed by atoms with Gasteiger partial charge in [-0.05, 0) is 52.4 Å². The van der Waals surface area contributed by atoms with Gasteiger partial charge in [0.05, 0.1) is 5.69 Å². The first-order valence-electron chi connectivity index (χ1n) is 13.6. The first kappa shape index (κ1) is 27.7. The summed E-state index contributed by atoms with van der Waals surface area (Å²) in [5.74, 6) is 2.07. The fourth-order valence-corrected chi connectivity index (χ4v) is 5.12. The normalized spacial score (nSPS) is 11.5. The van der Waals surface area contributed by atoms with Crippen molar-refractivity contribution in [3.05, 3.63) is 140 Å². The van der Waals surface area contributed by atoms with E-state index in [2.05, 4.69) is 86.3 Å². The summed E-state index contributed by atoms with van der Waals surface area (Å²) in [6.07, 6.45) is 9.16. The van der Waals surface area contributed by atoms with Crippen molar-refractivity contribution >= 4 is 21.8 Å². The third-order valence-corrected chi connectivity index (χ3v) is 7.24. The van der Waals surface area contributed by atoms with Crippen LogP contribution in [0.1, 0.15) is 26.3 Å². The molecule has 0 fully saturated rings. The van der Waals surface area contributed by atoms with Gasteiger partial charge in [-0.1, -0.05) is 62.7 Å². The largest absolute Gasteiger partial charge is 0.510 e. The molecule has 0 N–H and O–H groups in total. The fraction of sp³-hybridized carbons (Fsp3) is 0.111. The van der Waals surface area contributed by atoms with Crippen molar-refractivity contribution in [2.75, 3.05) is 0 Å². The first-order chi connectivity index (χ1) is 19.9. The van der Waals surface area contributed by atoms with E-state index < -0.39 is 0 Å². The monoisotopic (exact) mass is 638 g/mol. The predicted octanol–water partition coefficient (Wildman–Crippen LogP) is 7.73. The molecular formula is C36H28N4OPd-2. The zero-order valence-electron chi connectivity index (χ0n) is 23.5. The van der Waals surface area contributed by atoms with Crippen LogP contribution in [0.25, 0.3) is 39.0 Å². The number of hydrogen-bond acceptors (Lipinski definition) is 2. The van der Waals surface area contributed by atoms with Crippen LogP contribution in [-0.4, -0.2) is 14.1 Å². The van der Waals surface area contributed by atoms with Crippen LogP contribution < -0.4 is 9.30 Å². The summed E-state index contributed by atoms with van der Waals surface area (Å²) in [6.45, 7) is 6.65. The minimum atomic E-state index is 0. The van der Waals surface area contributed by atoms with Gasteiger partial charge in [-0.2, -0.15) is 18.2 Å². The molecule has 3 aromatic heterocycles. The molecular weight excluding hydrogens is 611 g/mol. The number of ether oxygens (including phenoxy) is 1. The number of imidazole rings is 1. The Labute approximate surface area is 259 Å². The average molecular weight is 639 g/mol. The second-order valence-corrected chi connectivity index (χ2v) is 11.1. The molecule has 0 amide bonds. The summed E-state index contributed by atoms with van der Waals surface area (Å²) in [5.41, 5.74) is 5.10. The third-order valence-electron chi connectivity index (χ3n) is 7.24. The molecule has 0 atom stereocenters. The Balaban J connectivity index is 0.00000316. The molecule has 0 unspecified atom stereocenters. The van der Waals surface area contributed by atoms with Crippen LogP contribution in [-0.2, 0) is 25.8 Å². The number of fused-ring (bicyclic) bond motifs is 3. The van der Waals surface area contributed by atoms with Gasteiger partial charge in [-0.15, -0.1) is 29.7 Å². The van der Waals surface area contributed by atoms with Crippen LogP contribution in [0.3, 0.4) is 0 Å². The van der Waals surface area contributed by atoms with Gasteiger partial charge in [0.1, 0.15) is 5.82 Å². The SMILES string of the molecule is CC(C)(C)c1ccnc(-n2c3[c-]c(Oc4[c-]c(-n5[c-][n+](-c6ccccc6)cc5)ccc4)ccc3c3ccccc32)c1.[Pd]. The fourth-order valence-electron chi connectivity index (χ4n) is 5.12. The van der Waals surface area contributed by atoms with Gasteiger partial charge in [0.25, 0.3) is 6.33 Å². The molecule has 7 rings (SSSR count). The Morgan fingerprint density at radius 3 is 2.40 bits per heavy atom. The Morgan fingerprint density at radius 2 is 1.57 bits per heavy atom. The molecule has 7 aromatic rings. The molecule has 0 saturated heterocycles. The molecule has 0 aliphatic heterocycles. The molecule has 5 nitrogen and oxygen atoms in total. The summed E-state index contributed by atoms with van der Waals surface area (Å²) >= 11 is 0. The maximum atomic E-state index is 6.33. The van der Waals surface area contributed by atoms with E-state index in [1.165, 1.54) is 5.56 Å². The van der Waals surface area contributed by atoms with Crippen LogP contribution in [0.2, 0.25) is 0 Å². The van der Waals surface area contributed by atoms with Crippen LogP contribution in [0, 0.1) is 18.5 Å². The summed E-state index contributed by atoms with van der Waals surface area (Å²) in [4.78, 5) is 4.77. The molecule has 3 heterocycles. The number of rotatable bonds is 5. The standard InChI is InChI=1S/C36H28N4O.Pd/c1-36(2,3)26-18-19-37-35(22-26)40-33-15-8-7-14-31(33)32-17-16-30(24-34(32)40)41-29-13-9-12-28(23-29)39-21-20-38(25-39)27-10-5-4-6-11-27;/h4-22H,1-3H3;/q-2;. The van der Waals surface area contributed by atoms with Crippen LogP contribution in [0.15, 0.2) is 116 Å². The van der Waals surface area contributed by atoms with E-state index >= 15 is 0 Å². The summed E-state index contributed by atoms with van der Waals surface area (Å²) in [7, 11) is 0. The van der Waals surface area contributed by atoms with E-state index in [0.717, 1.165) is 39.0 Å². The van der Waals surface area contributed by atoms with Gasteiger partial charge in [0.15, 0.2) is 0 Å². The maximum absolute atomic E-state index is 6.33. The van der Waals surface area contributed by atoms with Gasteiger partial charge in [-0.3, -0.25) is 4.57 Å². The van der Waals surface area contributed by atoms with Crippen molar-refractivity contribution in [2.45, 2.75) is 26.2 Å². The van der Waals surface area contributed by atoms with Crippen LogP contribution in [0.4, 0.5) is 0 Å². The Kier molecular flexibility index (Phi) is 7.28. The minimum Gasteiger partial charge on any atom is -0.510 e. The topological polar surface area (TPSA) is 35.9 Å². The van der Waals surface area contributed by atoms with E-state index in [-0.39, 0.29) is 25.8 Å². The number of nitrogens with zero attached hydrogens (tertiary/aromatic N) is 4. The van der Waals surface area contributed by atoms with Crippen molar-refractivity contribution in [1.29, 1.82) is 0 Å². The van der Waals surface area contributed by atoms with E-state index in [1.807, 2.05) is 82.3 Å². The Morgan fingerprint density at radius 1 is 0.786 bits per heavy atom. The molecule has 0 aliphatic rings. The molecule has 210 valence electrons. The quantitative estimate of drug-likeness (QED) is 0.110. The van der Waals surface area contributed by atoms with Gasteiger partial charge < -0.3 is 13.9 Å². The number of aromatic nitrogens is 4. The van der Waals surface area contributed by atoms with Gasteiger partial charge in [0, 0.05) is 56.0 Å². The van der Waals surface area contributed by atoms with Crippen LogP contribution in [0.5, 0.6) is 11.5 Å². The predicted molar refractivity (Wildman–Crippen MR) is 161 cm³/mol. The second-order valence-electron chi connectivity index (χ2n) is 11.1.